The normalized spacial score (nSPS) is 24.5. The van der Waals surface area contributed by atoms with Gasteiger partial charge in [-0.25, -0.2) is 9.79 Å². The van der Waals surface area contributed by atoms with Crippen molar-refractivity contribution >= 4 is 52.1 Å². The molecule has 0 saturated heterocycles. The molecular formula is C35H44Cl2N4O3S. The first-order valence-electron chi connectivity index (χ1n) is 15.6. The van der Waals surface area contributed by atoms with E-state index in [2.05, 4.69) is 51.7 Å². The molecule has 242 valence electrons. The van der Waals surface area contributed by atoms with E-state index in [1.54, 1.807) is 11.9 Å². The van der Waals surface area contributed by atoms with Crippen molar-refractivity contribution in [2.75, 3.05) is 7.05 Å². The number of amides is 2. The van der Waals surface area contributed by atoms with Gasteiger partial charge in [0, 0.05) is 40.9 Å². The van der Waals surface area contributed by atoms with Gasteiger partial charge in [0.05, 0.1) is 6.04 Å². The number of nitrogens with zero attached hydrogens (tertiary/aromatic N) is 4. The molecule has 0 unspecified atom stereocenters. The van der Waals surface area contributed by atoms with Crippen molar-refractivity contribution < 1.29 is 14.3 Å². The molecule has 2 aliphatic heterocycles. The van der Waals surface area contributed by atoms with Crippen LogP contribution in [0.3, 0.4) is 0 Å². The molecule has 10 heteroatoms. The summed E-state index contributed by atoms with van der Waals surface area (Å²) in [6.45, 7) is 16.1. The van der Waals surface area contributed by atoms with Gasteiger partial charge < -0.3 is 19.4 Å². The molecule has 2 heterocycles. The van der Waals surface area contributed by atoms with Crippen LogP contribution >= 0.6 is 35.0 Å². The first kappa shape index (κ1) is 33.7. The second-order valence-corrected chi connectivity index (χ2v) is 15.9. The summed E-state index contributed by atoms with van der Waals surface area (Å²) >= 11 is 14.1. The van der Waals surface area contributed by atoms with Gasteiger partial charge in [-0.3, -0.25) is 4.79 Å². The third-order valence-corrected chi connectivity index (χ3v) is 10.4. The lowest BCUT2D eigenvalue weighted by atomic mass is 9.81. The van der Waals surface area contributed by atoms with Crippen LogP contribution in [0.15, 0.2) is 64.1 Å². The molecule has 1 aliphatic carbocycles. The van der Waals surface area contributed by atoms with Crippen molar-refractivity contribution in [3.8, 4) is 0 Å². The molecule has 0 N–H and O–H groups in total. The lowest BCUT2D eigenvalue weighted by Crippen LogP contribution is -2.58. The number of carbonyl (C=O) groups excluding carboxylic acids is 2. The number of allylic oxidation sites excluding steroid dienone is 1. The predicted molar refractivity (Wildman–Crippen MR) is 185 cm³/mol. The summed E-state index contributed by atoms with van der Waals surface area (Å²) < 4.78 is 5.58. The molecule has 2 amide bonds. The second-order valence-electron chi connectivity index (χ2n) is 14.0. The maximum atomic E-state index is 14.6. The Morgan fingerprint density at radius 2 is 1.53 bits per heavy atom. The van der Waals surface area contributed by atoms with Crippen LogP contribution in [0, 0.1) is 5.92 Å². The van der Waals surface area contributed by atoms with Crippen LogP contribution in [0.1, 0.15) is 85.4 Å². The highest BCUT2D eigenvalue weighted by Gasteiger charge is 2.54. The molecule has 1 fully saturated rings. The van der Waals surface area contributed by atoms with Crippen molar-refractivity contribution in [3.63, 3.8) is 0 Å². The zero-order valence-electron chi connectivity index (χ0n) is 27.6. The highest BCUT2D eigenvalue weighted by molar-refractivity contribution is 8.18. The highest BCUT2D eigenvalue weighted by atomic mass is 35.5. The SMILES string of the molecule is CC(C)C1=C(C(=O)N(C(C)C)C2CC(N(C)C(=O)OC(C)(C)C)C2)SC2=N[C@@](C)(c3ccc(Cl)cc3)[C@@H](c3ccc(Cl)cc3)N21. The quantitative estimate of drug-likeness (QED) is 0.294. The fraction of sp³-hybridized carbons (Fsp3) is 0.514. The van der Waals surface area contributed by atoms with E-state index in [0.717, 1.165) is 26.9 Å². The number of hydrogen-bond donors (Lipinski definition) is 0. The molecule has 0 spiro atoms. The van der Waals surface area contributed by atoms with Gasteiger partial charge in [0.15, 0.2) is 5.17 Å². The Balaban J connectivity index is 1.47. The van der Waals surface area contributed by atoms with E-state index in [4.69, 9.17) is 32.9 Å². The van der Waals surface area contributed by atoms with Gasteiger partial charge in [-0.2, -0.15) is 0 Å². The second kappa shape index (κ2) is 12.5. The number of benzene rings is 2. The minimum Gasteiger partial charge on any atom is -0.444 e. The zero-order valence-corrected chi connectivity index (χ0v) is 29.9. The molecule has 2 aromatic carbocycles. The van der Waals surface area contributed by atoms with Crippen LogP contribution in [0.25, 0.3) is 0 Å². The van der Waals surface area contributed by atoms with E-state index in [1.165, 1.54) is 11.8 Å². The number of fused-ring (bicyclic) bond motifs is 1. The summed E-state index contributed by atoms with van der Waals surface area (Å²) in [6, 6.07) is 15.6. The summed E-state index contributed by atoms with van der Waals surface area (Å²) in [4.78, 5) is 39.3. The van der Waals surface area contributed by atoms with Crippen LogP contribution in [0.5, 0.6) is 0 Å². The van der Waals surface area contributed by atoms with Gasteiger partial charge in [-0.15, -0.1) is 0 Å². The van der Waals surface area contributed by atoms with E-state index in [1.807, 2.05) is 62.1 Å². The molecule has 5 rings (SSSR count). The van der Waals surface area contributed by atoms with Gasteiger partial charge >= 0.3 is 6.09 Å². The van der Waals surface area contributed by atoms with Crippen LogP contribution < -0.4 is 0 Å². The Morgan fingerprint density at radius 1 is 0.978 bits per heavy atom. The topological polar surface area (TPSA) is 65.5 Å². The number of ether oxygens (including phenoxy) is 1. The third kappa shape index (κ3) is 6.48. The van der Waals surface area contributed by atoms with E-state index in [0.29, 0.717) is 22.9 Å². The van der Waals surface area contributed by atoms with Crippen LogP contribution in [-0.4, -0.2) is 62.6 Å². The minimum atomic E-state index is -0.624. The Morgan fingerprint density at radius 3 is 2.04 bits per heavy atom. The number of amidine groups is 1. The smallest absolute Gasteiger partial charge is 0.410 e. The number of thioether (sulfide) groups is 1. The zero-order chi connectivity index (χ0) is 33.0. The van der Waals surface area contributed by atoms with E-state index in [9.17, 15) is 9.59 Å². The number of halogens is 2. The average Bonchev–Trinajstić information content (AvgIpc) is 3.42. The van der Waals surface area contributed by atoms with Gasteiger partial charge in [-0.05, 0) is 107 Å². The molecule has 0 radical (unpaired) electrons. The molecule has 45 heavy (non-hydrogen) atoms. The predicted octanol–water partition coefficient (Wildman–Crippen LogP) is 8.87. The maximum absolute atomic E-state index is 14.6. The molecule has 2 aromatic rings. The van der Waals surface area contributed by atoms with Crippen LogP contribution in [0.4, 0.5) is 4.79 Å². The molecule has 0 aromatic heterocycles. The van der Waals surface area contributed by atoms with Crippen molar-refractivity contribution in [1.82, 2.24) is 14.7 Å². The molecule has 7 nitrogen and oxygen atoms in total. The molecule has 2 atom stereocenters. The molecule has 0 bridgehead atoms. The van der Waals surface area contributed by atoms with Gasteiger partial charge in [0.1, 0.15) is 16.0 Å². The first-order valence-corrected chi connectivity index (χ1v) is 17.2. The fourth-order valence-corrected chi connectivity index (χ4v) is 8.19. The Bertz CT molecular complexity index is 1510. The summed E-state index contributed by atoms with van der Waals surface area (Å²) in [5, 5.41) is 2.16. The number of carbonyl (C=O) groups is 2. The van der Waals surface area contributed by atoms with Crippen LogP contribution in [-0.2, 0) is 15.1 Å². The number of rotatable bonds is 7. The Hall–Kier alpha value is -2.68. The van der Waals surface area contributed by atoms with Gasteiger partial charge in [0.25, 0.3) is 5.91 Å². The highest BCUT2D eigenvalue weighted by Crippen LogP contribution is 2.56. The first-order chi connectivity index (χ1) is 21.0. The van der Waals surface area contributed by atoms with E-state index in [-0.39, 0.29) is 42.1 Å². The van der Waals surface area contributed by atoms with Crippen molar-refractivity contribution in [1.29, 1.82) is 0 Å². The summed E-state index contributed by atoms with van der Waals surface area (Å²) in [5.41, 5.74) is 1.91. The summed E-state index contributed by atoms with van der Waals surface area (Å²) in [7, 11) is 1.78. The van der Waals surface area contributed by atoms with Crippen molar-refractivity contribution in [2.24, 2.45) is 10.9 Å². The summed E-state index contributed by atoms with van der Waals surface area (Å²) in [6.07, 6.45) is 1.09. The monoisotopic (exact) mass is 670 g/mol. The van der Waals surface area contributed by atoms with Crippen LogP contribution in [0.2, 0.25) is 10.0 Å². The van der Waals surface area contributed by atoms with Crippen molar-refractivity contribution in [2.45, 2.75) is 104 Å². The molecule has 1 saturated carbocycles. The number of aliphatic imine (C=N–C) groups is 1. The minimum absolute atomic E-state index is 0.0134. The Kier molecular flexibility index (Phi) is 9.35. The fourth-order valence-electron chi connectivity index (χ4n) is 6.59. The number of hydrogen-bond acceptors (Lipinski definition) is 6. The lowest BCUT2D eigenvalue weighted by molar-refractivity contribution is -0.134. The van der Waals surface area contributed by atoms with Gasteiger partial charge in [-0.1, -0.05) is 61.3 Å². The summed E-state index contributed by atoms with van der Waals surface area (Å²) in [5.74, 6) is 0.0789. The third-order valence-electron chi connectivity index (χ3n) is 8.87. The van der Waals surface area contributed by atoms with E-state index >= 15 is 0 Å². The molecule has 3 aliphatic rings. The maximum Gasteiger partial charge on any atom is 0.410 e. The van der Waals surface area contributed by atoms with E-state index < -0.39 is 11.1 Å². The van der Waals surface area contributed by atoms with Gasteiger partial charge in [0.2, 0.25) is 0 Å². The molecular weight excluding hydrogens is 627 g/mol. The lowest BCUT2D eigenvalue weighted by Gasteiger charge is -2.48. The average molecular weight is 672 g/mol. The Labute approximate surface area is 282 Å². The standard InChI is InChI=1S/C35H44Cl2N4O3S/c1-20(2)28-29(31(42)40(21(3)4)27-18-26(19-27)39(9)33(43)44-34(5,6)7)45-32-38-35(8,23-12-16-25(37)17-13-23)30(41(28)32)22-10-14-24(36)15-11-22/h10-17,20-21,26-27,30H,18-19H2,1-9H3/t26?,27?,30-,35+/m1/s1. The largest absolute Gasteiger partial charge is 0.444 e. The van der Waals surface area contributed by atoms with Crippen molar-refractivity contribution in [3.05, 3.63) is 80.3 Å².